The molecule has 0 rings (SSSR count). The molecule has 0 saturated carbocycles. The smallest absolute Gasteiger partial charge is 0.544 e. The zero-order valence-corrected chi connectivity index (χ0v) is 22.3. The number of hydrogen-bond donors (Lipinski definition) is 0. The molecule has 0 aliphatic rings. The summed E-state index contributed by atoms with van der Waals surface area (Å²) in [6.07, 6.45) is -15.4. The normalized spacial score (nSPS) is 15.8. The van der Waals surface area contributed by atoms with Gasteiger partial charge in [-0.1, -0.05) is 0 Å². The molecule has 0 N–H and O–H groups in total. The van der Waals surface area contributed by atoms with Crippen molar-refractivity contribution in [3.8, 4) is 0 Å². The van der Waals surface area contributed by atoms with E-state index in [-0.39, 0.29) is 16.5 Å². The van der Waals surface area contributed by atoms with Crippen LogP contribution in [-0.4, -0.2) is 95.4 Å². The topological polar surface area (TPSA) is 80.3 Å². The molecule has 0 saturated heterocycles. The molecule has 0 spiro atoms. The fourth-order valence-corrected chi connectivity index (χ4v) is 2.19. The Kier molecular flexibility index (Phi) is 13.8. The third-order valence-corrected chi connectivity index (χ3v) is 5.17. The second kappa shape index (κ2) is 13.3. The number of alkyl halides is 30. The molecule has 0 unspecified atom stereocenters. The fourth-order valence-electron chi connectivity index (χ4n) is 2.19. The Labute approximate surface area is 264 Å². The van der Waals surface area contributed by atoms with Crippen molar-refractivity contribution in [1.29, 1.82) is 0 Å². The maximum absolute atomic E-state index is 12.8. The van der Waals surface area contributed by atoms with Gasteiger partial charge in [0.1, 0.15) is 11.9 Å². The molecular formula is C16F30NiO4. The molecule has 0 aromatic heterocycles. The zero-order valence-electron chi connectivity index (χ0n) is 21.3. The molecule has 0 bridgehead atoms. The van der Waals surface area contributed by atoms with E-state index in [1.54, 1.807) is 0 Å². The van der Waals surface area contributed by atoms with Crippen LogP contribution in [0.1, 0.15) is 0 Å². The van der Waals surface area contributed by atoms with E-state index in [0.29, 0.717) is 0 Å². The van der Waals surface area contributed by atoms with Gasteiger partial charge in [-0.2, -0.15) is 132 Å². The molecule has 0 aliphatic carbocycles. The summed E-state index contributed by atoms with van der Waals surface area (Å²) >= 11 is 0. The first kappa shape index (κ1) is 52.7. The summed E-state index contributed by atoms with van der Waals surface area (Å²) in [5.41, 5.74) is 0. The third kappa shape index (κ3) is 7.07. The van der Waals surface area contributed by atoms with Crippen molar-refractivity contribution in [1.82, 2.24) is 0 Å². The van der Waals surface area contributed by atoms with Gasteiger partial charge in [0.15, 0.2) is 0 Å². The van der Waals surface area contributed by atoms with Gasteiger partial charge in [-0.25, -0.2) is 0 Å². The predicted molar refractivity (Wildman–Crippen MR) is 81.5 cm³/mol. The maximum atomic E-state index is 12.8. The quantitative estimate of drug-likeness (QED) is 0.173. The molecule has 308 valence electrons. The van der Waals surface area contributed by atoms with Crippen LogP contribution < -0.4 is 10.2 Å². The number of hydrogen-bond acceptors (Lipinski definition) is 4. The monoisotopic (exact) mass is 884 g/mol. The zero-order chi connectivity index (χ0) is 42.2. The summed E-state index contributed by atoms with van der Waals surface area (Å²) in [7, 11) is 0. The number of aliphatic carboxylic acids is 2. The molecule has 0 aromatic rings. The van der Waals surface area contributed by atoms with Gasteiger partial charge in [-0.15, -0.1) is 0 Å². The van der Waals surface area contributed by atoms with Crippen LogP contribution in [0.4, 0.5) is 132 Å². The van der Waals surface area contributed by atoms with Crippen LogP contribution in [0.15, 0.2) is 0 Å². The molecular weight excluding hydrogens is 885 g/mol. The average Bonchev–Trinajstić information content (AvgIpc) is 2.86. The minimum absolute atomic E-state index is 0. The van der Waals surface area contributed by atoms with E-state index in [1.165, 1.54) is 0 Å². The van der Waals surface area contributed by atoms with Gasteiger partial charge in [0.2, 0.25) is 0 Å². The van der Waals surface area contributed by atoms with Crippen molar-refractivity contribution in [3.05, 3.63) is 0 Å². The third-order valence-electron chi connectivity index (χ3n) is 5.17. The Bertz CT molecular complexity index is 1160. The first-order chi connectivity index (χ1) is 20.9. The Morgan fingerprint density at radius 1 is 0.255 bits per heavy atom. The molecule has 0 radical (unpaired) electrons. The van der Waals surface area contributed by atoms with Gasteiger partial charge in [-0.05, 0) is 0 Å². The molecule has 4 nitrogen and oxygen atoms in total. The summed E-state index contributed by atoms with van der Waals surface area (Å²) in [5.74, 6) is -107. The number of carboxylic acid groups (broad SMARTS) is 2. The SMILES string of the molecule is O=C([O-])C(F)(F)C(F)(F)C(F)(F)C(F)(F)C(F)(F)C(F)(F)C(F)(F)F.O=C([O-])C(F)(F)C(F)(F)C(F)(F)C(F)(F)C(F)(F)C(F)(F)C(F)(F)F.[Ni+2]. The summed E-state index contributed by atoms with van der Waals surface area (Å²) < 4.78 is 372. The average molecular weight is 885 g/mol. The molecule has 0 fully saturated rings. The molecule has 51 heavy (non-hydrogen) atoms. The molecule has 0 amide bonds. The van der Waals surface area contributed by atoms with Crippen LogP contribution in [-0.2, 0) is 26.1 Å². The van der Waals surface area contributed by atoms with Gasteiger partial charge in [-0.3, -0.25) is 0 Å². The second-order valence-electron chi connectivity index (χ2n) is 8.46. The molecule has 35 heteroatoms. The molecule has 0 heterocycles. The standard InChI is InChI=1S/2C8HF15O2.Ni/c2*9-2(10,1(24)25)3(11,12)4(13,14)5(15,16)6(17,18)7(19,20)8(21,22)23;/h2*(H,24,25);/q;;+2/p-2. The summed E-state index contributed by atoms with van der Waals surface area (Å²) in [6, 6.07) is 0. The van der Waals surface area contributed by atoms with Crippen LogP contribution in [0.25, 0.3) is 0 Å². The van der Waals surface area contributed by atoms with Crippen molar-refractivity contribution >= 4 is 11.9 Å². The largest absolute Gasteiger partial charge is 2.00 e. The van der Waals surface area contributed by atoms with Crippen LogP contribution in [0.5, 0.6) is 0 Å². The van der Waals surface area contributed by atoms with Gasteiger partial charge < -0.3 is 19.8 Å². The van der Waals surface area contributed by atoms with Gasteiger partial charge in [0.25, 0.3) is 0 Å². The van der Waals surface area contributed by atoms with E-state index in [4.69, 9.17) is 0 Å². The summed E-state index contributed by atoms with van der Waals surface area (Å²) in [6.45, 7) is 0. The number of carboxylic acids is 2. The first-order valence-corrected chi connectivity index (χ1v) is 9.99. The van der Waals surface area contributed by atoms with Crippen molar-refractivity contribution in [3.63, 3.8) is 0 Å². The van der Waals surface area contributed by atoms with E-state index in [2.05, 4.69) is 0 Å². The number of halogens is 30. The van der Waals surface area contributed by atoms with Crippen molar-refractivity contribution in [2.24, 2.45) is 0 Å². The maximum Gasteiger partial charge on any atom is 2.00 e. The number of carbonyl (C=O) groups is 2. The van der Waals surface area contributed by atoms with Crippen LogP contribution in [0.3, 0.4) is 0 Å². The van der Waals surface area contributed by atoms with Crippen LogP contribution in [0, 0.1) is 0 Å². The Morgan fingerprint density at radius 3 is 0.490 bits per heavy atom. The first-order valence-electron chi connectivity index (χ1n) is 9.99. The van der Waals surface area contributed by atoms with Crippen molar-refractivity contribution in [2.45, 2.75) is 83.4 Å². The Morgan fingerprint density at radius 2 is 0.373 bits per heavy atom. The molecule has 0 aromatic carbocycles. The van der Waals surface area contributed by atoms with Gasteiger partial charge in [0.05, 0.1) is 0 Å². The Hall–Kier alpha value is -2.67. The van der Waals surface area contributed by atoms with Gasteiger partial charge in [0, 0.05) is 0 Å². The fraction of sp³-hybridized carbons (Fsp3) is 0.875. The van der Waals surface area contributed by atoms with E-state index < -0.39 is 95.4 Å². The minimum Gasteiger partial charge on any atom is -0.544 e. The summed E-state index contributed by atoms with van der Waals surface area (Å²) in [5, 5.41) is 19.2. The molecule has 0 aliphatic heterocycles. The van der Waals surface area contributed by atoms with E-state index >= 15 is 0 Å². The van der Waals surface area contributed by atoms with Crippen molar-refractivity contribution < 1.29 is 168 Å². The summed E-state index contributed by atoms with van der Waals surface area (Å²) in [4.78, 5) is 19.2. The second-order valence-corrected chi connectivity index (χ2v) is 8.46. The van der Waals surface area contributed by atoms with Gasteiger partial charge >= 0.3 is 99.9 Å². The minimum atomic E-state index is -8.50. The molecule has 0 atom stereocenters. The van der Waals surface area contributed by atoms with Crippen molar-refractivity contribution in [2.75, 3.05) is 0 Å². The Balaban J connectivity index is -0.000000886. The van der Waals surface area contributed by atoms with E-state index in [9.17, 15) is 152 Å². The van der Waals surface area contributed by atoms with E-state index in [1.807, 2.05) is 0 Å². The van der Waals surface area contributed by atoms with E-state index in [0.717, 1.165) is 0 Å². The van der Waals surface area contributed by atoms with Crippen LogP contribution in [0.2, 0.25) is 0 Å². The predicted octanol–water partition coefficient (Wildman–Crippen LogP) is 6.22. The van der Waals surface area contributed by atoms with Crippen LogP contribution >= 0.6 is 0 Å². The number of rotatable bonds is 12. The number of carbonyl (C=O) groups excluding carboxylic acids is 2.